The van der Waals surface area contributed by atoms with E-state index in [0.717, 1.165) is 16.4 Å². The van der Waals surface area contributed by atoms with E-state index >= 15 is 0 Å². The van der Waals surface area contributed by atoms with E-state index in [4.69, 9.17) is 5.11 Å². The van der Waals surface area contributed by atoms with Crippen LogP contribution < -0.4 is 5.56 Å². The molecule has 2 N–H and O–H groups in total. The maximum Gasteiger partial charge on any atom is 0.262 e. The second-order valence-electron chi connectivity index (χ2n) is 4.61. The Kier molecular flexibility index (Phi) is 2.83. The molecule has 0 unspecified atom stereocenters. The van der Waals surface area contributed by atoms with Crippen LogP contribution in [0.3, 0.4) is 0 Å². The fourth-order valence-corrected chi connectivity index (χ4v) is 2.50. The molecule has 98 valence electrons. The van der Waals surface area contributed by atoms with Gasteiger partial charge in [-0.2, -0.15) is 5.10 Å². The van der Waals surface area contributed by atoms with Crippen LogP contribution in [0.15, 0.2) is 29.1 Å². The summed E-state index contributed by atoms with van der Waals surface area (Å²) in [6, 6.07) is 7.75. The molecule has 2 heterocycles. The monoisotopic (exact) mass is 257 g/mol. The molecule has 0 aliphatic carbocycles. The number of aryl methyl sites for hydroxylation is 2. The van der Waals surface area contributed by atoms with Crippen LogP contribution in [0, 0.1) is 6.92 Å². The zero-order valence-electron chi connectivity index (χ0n) is 10.7. The fraction of sp³-hybridized carbons (Fsp3) is 0.286. The lowest BCUT2D eigenvalue weighted by atomic mass is 10.1. The van der Waals surface area contributed by atoms with Crippen LogP contribution >= 0.6 is 0 Å². The molecule has 3 rings (SSSR count). The van der Waals surface area contributed by atoms with Gasteiger partial charge in [0.05, 0.1) is 22.1 Å². The molecule has 0 saturated heterocycles. The second kappa shape index (κ2) is 4.51. The number of aliphatic hydroxyl groups excluding tert-OH is 1. The quantitative estimate of drug-likeness (QED) is 0.748. The van der Waals surface area contributed by atoms with Gasteiger partial charge in [-0.05, 0) is 19.4 Å². The van der Waals surface area contributed by atoms with Crippen molar-refractivity contribution in [3.63, 3.8) is 0 Å². The molecular weight excluding hydrogens is 242 g/mol. The minimum Gasteiger partial charge on any atom is -0.396 e. The second-order valence-corrected chi connectivity index (χ2v) is 4.61. The van der Waals surface area contributed by atoms with Crippen molar-refractivity contribution in [3.05, 3.63) is 40.3 Å². The van der Waals surface area contributed by atoms with E-state index in [2.05, 4.69) is 10.2 Å². The van der Waals surface area contributed by atoms with Gasteiger partial charge in [-0.3, -0.25) is 9.89 Å². The van der Waals surface area contributed by atoms with Gasteiger partial charge in [0.2, 0.25) is 0 Å². The van der Waals surface area contributed by atoms with Gasteiger partial charge in [0.25, 0.3) is 5.56 Å². The number of para-hydroxylation sites is 1. The van der Waals surface area contributed by atoms with Gasteiger partial charge < -0.3 is 9.67 Å². The molecular formula is C14H15N3O2. The molecule has 0 atom stereocenters. The van der Waals surface area contributed by atoms with Crippen molar-refractivity contribution >= 4 is 21.8 Å². The number of rotatable bonds is 3. The molecule has 0 aliphatic rings. The summed E-state index contributed by atoms with van der Waals surface area (Å²) >= 11 is 0. The number of hydrogen-bond donors (Lipinski definition) is 2. The van der Waals surface area contributed by atoms with Gasteiger partial charge >= 0.3 is 0 Å². The van der Waals surface area contributed by atoms with Gasteiger partial charge in [-0.1, -0.05) is 18.2 Å². The van der Waals surface area contributed by atoms with Crippen molar-refractivity contribution in [1.82, 2.24) is 14.8 Å². The summed E-state index contributed by atoms with van der Waals surface area (Å²) in [5, 5.41) is 17.7. The van der Waals surface area contributed by atoms with E-state index < -0.39 is 0 Å². The third-order valence-electron chi connectivity index (χ3n) is 3.41. The standard InChI is InChI=1S/C14H15N3O2/c1-9-12-13(16-15-9)10-5-2-3-6-11(10)17(14(12)19)7-4-8-18/h2-3,5-6,18H,4,7-8H2,1H3,(H,15,16). The number of fused-ring (bicyclic) bond motifs is 3. The number of nitrogens with one attached hydrogen (secondary N) is 1. The Morgan fingerprint density at radius 1 is 1.37 bits per heavy atom. The molecule has 5 nitrogen and oxygen atoms in total. The summed E-state index contributed by atoms with van der Waals surface area (Å²) < 4.78 is 1.72. The predicted octanol–water partition coefficient (Wildman–Crippen LogP) is 1.57. The van der Waals surface area contributed by atoms with Gasteiger partial charge in [-0.25, -0.2) is 0 Å². The van der Waals surface area contributed by atoms with E-state index in [9.17, 15) is 4.79 Å². The first-order chi connectivity index (χ1) is 9.24. The molecule has 19 heavy (non-hydrogen) atoms. The van der Waals surface area contributed by atoms with Crippen LogP contribution in [-0.4, -0.2) is 26.5 Å². The van der Waals surface area contributed by atoms with Crippen LogP contribution in [0.2, 0.25) is 0 Å². The Bertz CT molecular complexity index is 801. The summed E-state index contributed by atoms with van der Waals surface area (Å²) in [5.74, 6) is 0. The van der Waals surface area contributed by atoms with E-state index in [0.29, 0.717) is 24.0 Å². The number of aliphatic hydroxyl groups is 1. The highest BCUT2D eigenvalue weighted by Gasteiger charge is 2.14. The third kappa shape index (κ3) is 1.74. The van der Waals surface area contributed by atoms with Crippen LogP contribution in [-0.2, 0) is 6.54 Å². The normalized spacial score (nSPS) is 11.5. The maximum atomic E-state index is 12.6. The highest BCUT2D eigenvalue weighted by Crippen LogP contribution is 2.22. The number of aromatic amines is 1. The first-order valence-electron chi connectivity index (χ1n) is 6.31. The Balaban J connectivity index is 2.46. The molecule has 0 saturated carbocycles. The molecule has 2 aromatic heterocycles. The summed E-state index contributed by atoms with van der Waals surface area (Å²) in [4.78, 5) is 12.6. The van der Waals surface area contributed by atoms with Gasteiger partial charge in [-0.15, -0.1) is 0 Å². The van der Waals surface area contributed by atoms with Crippen LogP contribution in [0.5, 0.6) is 0 Å². The predicted molar refractivity (Wildman–Crippen MR) is 74.3 cm³/mol. The number of aromatic nitrogens is 3. The number of H-pyrrole nitrogens is 1. The van der Waals surface area contributed by atoms with Crippen molar-refractivity contribution in [2.45, 2.75) is 19.9 Å². The molecule has 0 radical (unpaired) electrons. The Morgan fingerprint density at radius 2 is 2.16 bits per heavy atom. The highest BCUT2D eigenvalue weighted by molar-refractivity contribution is 6.03. The largest absolute Gasteiger partial charge is 0.396 e. The molecule has 0 aliphatic heterocycles. The minimum atomic E-state index is -0.0478. The van der Waals surface area contributed by atoms with E-state index in [1.165, 1.54) is 0 Å². The average molecular weight is 257 g/mol. The van der Waals surface area contributed by atoms with E-state index in [1.54, 1.807) is 4.57 Å². The zero-order valence-corrected chi connectivity index (χ0v) is 10.7. The summed E-state index contributed by atoms with van der Waals surface area (Å²) in [6.45, 7) is 2.41. The maximum absolute atomic E-state index is 12.6. The van der Waals surface area contributed by atoms with Crippen molar-refractivity contribution in [2.75, 3.05) is 6.61 Å². The minimum absolute atomic E-state index is 0.0478. The Labute approximate surface area is 109 Å². The zero-order chi connectivity index (χ0) is 13.4. The summed E-state index contributed by atoms with van der Waals surface area (Å²) in [7, 11) is 0. The lowest BCUT2D eigenvalue weighted by Gasteiger charge is -2.10. The SMILES string of the molecule is Cc1n[nH]c2c1c(=O)n(CCCO)c1ccccc21. The molecule has 0 bridgehead atoms. The van der Waals surface area contributed by atoms with Crippen molar-refractivity contribution in [3.8, 4) is 0 Å². The van der Waals surface area contributed by atoms with Crippen molar-refractivity contribution in [1.29, 1.82) is 0 Å². The van der Waals surface area contributed by atoms with E-state index in [-0.39, 0.29) is 12.2 Å². The average Bonchev–Trinajstić information content (AvgIpc) is 2.81. The Morgan fingerprint density at radius 3 is 2.95 bits per heavy atom. The van der Waals surface area contributed by atoms with Gasteiger partial charge in [0.15, 0.2) is 0 Å². The summed E-state index contributed by atoms with van der Waals surface area (Å²) in [5.41, 5.74) is 2.33. The van der Waals surface area contributed by atoms with Crippen LogP contribution in [0.1, 0.15) is 12.1 Å². The Hall–Kier alpha value is -2.14. The number of hydrogen-bond acceptors (Lipinski definition) is 3. The van der Waals surface area contributed by atoms with Crippen LogP contribution in [0.4, 0.5) is 0 Å². The smallest absolute Gasteiger partial charge is 0.262 e. The third-order valence-corrected chi connectivity index (χ3v) is 3.41. The van der Waals surface area contributed by atoms with E-state index in [1.807, 2.05) is 31.2 Å². The molecule has 3 aromatic rings. The lowest BCUT2D eigenvalue weighted by molar-refractivity contribution is 0.280. The molecule has 0 amide bonds. The first-order valence-corrected chi connectivity index (χ1v) is 6.31. The van der Waals surface area contributed by atoms with Gasteiger partial charge in [0, 0.05) is 18.5 Å². The number of pyridine rings is 1. The summed E-state index contributed by atoms with van der Waals surface area (Å²) in [6.07, 6.45) is 0.562. The lowest BCUT2D eigenvalue weighted by Crippen LogP contribution is -2.21. The van der Waals surface area contributed by atoms with Crippen molar-refractivity contribution in [2.24, 2.45) is 0 Å². The van der Waals surface area contributed by atoms with Crippen molar-refractivity contribution < 1.29 is 5.11 Å². The molecule has 1 aromatic carbocycles. The molecule has 0 fully saturated rings. The molecule has 5 heteroatoms. The topological polar surface area (TPSA) is 70.9 Å². The highest BCUT2D eigenvalue weighted by atomic mass is 16.3. The number of nitrogens with zero attached hydrogens (tertiary/aromatic N) is 2. The molecule has 0 spiro atoms. The number of benzene rings is 1. The first kappa shape index (κ1) is 11.9. The fourth-order valence-electron chi connectivity index (χ4n) is 2.50. The van der Waals surface area contributed by atoms with Gasteiger partial charge in [0.1, 0.15) is 0 Å². The van der Waals surface area contributed by atoms with Crippen LogP contribution in [0.25, 0.3) is 21.8 Å².